The van der Waals surface area contributed by atoms with Crippen molar-refractivity contribution in [2.75, 3.05) is 24.7 Å². The Balaban J connectivity index is 2.10. The number of nitrogens with two attached hydrogens (primary N) is 3. The third-order valence-corrected chi connectivity index (χ3v) is 7.52. The number of nitrogen functional groups attached to an aromatic ring is 1. The van der Waals surface area contributed by atoms with Crippen LogP contribution in [-0.2, 0) is 19.9 Å². The van der Waals surface area contributed by atoms with E-state index in [1.807, 2.05) is 0 Å². The van der Waals surface area contributed by atoms with Crippen LogP contribution in [0.4, 0.5) is 5.95 Å². The van der Waals surface area contributed by atoms with Gasteiger partial charge in [0, 0.05) is 12.1 Å². The van der Waals surface area contributed by atoms with Crippen LogP contribution < -0.4 is 16.6 Å². The summed E-state index contributed by atoms with van der Waals surface area (Å²) in [5, 5.41) is 13.1. The Morgan fingerprint density at radius 1 is 1.10 bits per heavy atom. The summed E-state index contributed by atoms with van der Waals surface area (Å²) in [6.07, 6.45) is 0. The third-order valence-electron chi connectivity index (χ3n) is 4.61. The minimum atomic E-state index is -4.51. The van der Waals surface area contributed by atoms with Crippen LogP contribution in [0.5, 0.6) is 0 Å². The molecule has 0 amide bonds. The van der Waals surface area contributed by atoms with E-state index in [4.69, 9.17) is 16.6 Å². The smallest absolute Gasteiger partial charge is 0.240 e. The maximum atomic E-state index is 12.8. The molecule has 0 radical (unpaired) electrons. The second kappa shape index (κ2) is 7.49. The van der Waals surface area contributed by atoms with Gasteiger partial charge in [-0.2, -0.15) is 5.11 Å². The third kappa shape index (κ3) is 3.81. The second-order valence-corrected chi connectivity index (χ2v) is 10.3. The van der Waals surface area contributed by atoms with E-state index in [-0.39, 0.29) is 30.6 Å². The van der Waals surface area contributed by atoms with Crippen LogP contribution in [-0.4, -0.2) is 51.6 Å². The summed E-state index contributed by atoms with van der Waals surface area (Å²) in [6.45, 7) is -0.212. The van der Waals surface area contributed by atoms with Crippen molar-refractivity contribution in [1.82, 2.24) is 9.97 Å². The van der Waals surface area contributed by atoms with Crippen molar-refractivity contribution in [3.05, 3.63) is 35.9 Å². The zero-order chi connectivity index (χ0) is 22.4. The first-order chi connectivity index (χ1) is 14.6. The van der Waals surface area contributed by atoms with Gasteiger partial charge >= 0.3 is 0 Å². The number of anilines is 1. The molecule has 7 N–H and O–H groups in total. The first-order valence-corrected chi connectivity index (χ1v) is 12.1. The molecule has 0 unspecified atom stereocenters. The number of benzene rings is 2. The highest BCUT2D eigenvalue weighted by Gasteiger charge is 2.32. The van der Waals surface area contributed by atoms with Crippen LogP contribution in [0.1, 0.15) is 5.56 Å². The SMILES string of the molecule is NCCS(=O)(=O)c1ccc(-c2ccc3nc(N)[nH]c3c2)c(C2=NCN=N2)c1S(N)(=O)=O. The zero-order valence-electron chi connectivity index (χ0n) is 16.0. The molecular weight excluding hydrogens is 444 g/mol. The number of sulfone groups is 1. The first kappa shape index (κ1) is 21.0. The summed E-state index contributed by atoms with van der Waals surface area (Å²) < 4.78 is 50.7. The number of fused-ring (bicyclic) bond motifs is 1. The van der Waals surface area contributed by atoms with Gasteiger partial charge in [0.15, 0.2) is 28.3 Å². The van der Waals surface area contributed by atoms with Crippen LogP contribution in [0, 0.1) is 0 Å². The molecule has 12 nitrogen and oxygen atoms in total. The van der Waals surface area contributed by atoms with Crippen molar-refractivity contribution in [2.45, 2.75) is 9.79 Å². The number of aliphatic imine (C=N–C) groups is 1. The number of imidazole rings is 1. The van der Waals surface area contributed by atoms with Crippen LogP contribution in [0.2, 0.25) is 0 Å². The van der Waals surface area contributed by atoms with Crippen molar-refractivity contribution < 1.29 is 16.8 Å². The summed E-state index contributed by atoms with van der Waals surface area (Å²) >= 11 is 0. The number of aromatic amines is 1. The van der Waals surface area contributed by atoms with E-state index in [0.717, 1.165) is 0 Å². The minimum absolute atomic E-state index is 0.0191. The number of azo groups is 1. The number of sulfonamides is 1. The molecule has 1 aliphatic heterocycles. The Labute approximate surface area is 177 Å². The van der Waals surface area contributed by atoms with E-state index in [1.54, 1.807) is 18.2 Å². The number of amidine groups is 1. The van der Waals surface area contributed by atoms with Crippen LogP contribution in [0.3, 0.4) is 0 Å². The van der Waals surface area contributed by atoms with Gasteiger partial charge in [0.05, 0.1) is 21.7 Å². The van der Waals surface area contributed by atoms with Gasteiger partial charge in [0.2, 0.25) is 10.0 Å². The highest BCUT2D eigenvalue weighted by atomic mass is 32.2. The van der Waals surface area contributed by atoms with Crippen molar-refractivity contribution in [3.63, 3.8) is 0 Å². The molecule has 0 bridgehead atoms. The maximum Gasteiger partial charge on any atom is 0.240 e. The summed E-state index contributed by atoms with van der Waals surface area (Å²) in [5.41, 5.74) is 13.2. The number of rotatable bonds is 6. The topological polar surface area (TPSA) is 212 Å². The number of H-pyrrole nitrogens is 1. The molecule has 0 saturated heterocycles. The van der Waals surface area contributed by atoms with Crippen molar-refractivity contribution >= 4 is 42.7 Å². The largest absolute Gasteiger partial charge is 0.369 e. The molecule has 0 aliphatic carbocycles. The second-order valence-electron chi connectivity index (χ2n) is 6.69. The van der Waals surface area contributed by atoms with Gasteiger partial charge in [0.1, 0.15) is 4.90 Å². The highest BCUT2D eigenvalue weighted by Crippen LogP contribution is 2.36. The van der Waals surface area contributed by atoms with Gasteiger partial charge in [-0.3, -0.25) is 0 Å². The van der Waals surface area contributed by atoms with Gasteiger partial charge in [-0.05, 0) is 29.3 Å². The Morgan fingerprint density at radius 2 is 1.87 bits per heavy atom. The molecule has 0 fully saturated rings. The lowest BCUT2D eigenvalue weighted by atomic mass is 9.98. The Morgan fingerprint density at radius 3 is 2.52 bits per heavy atom. The number of primary sulfonamides is 1. The lowest BCUT2D eigenvalue weighted by Gasteiger charge is -2.16. The van der Waals surface area contributed by atoms with Gasteiger partial charge < -0.3 is 16.5 Å². The Bertz CT molecular complexity index is 1470. The molecule has 1 aromatic heterocycles. The number of aromatic nitrogens is 2. The predicted octanol–water partition coefficient (Wildman–Crippen LogP) is 0.362. The van der Waals surface area contributed by atoms with Crippen molar-refractivity contribution in [3.8, 4) is 11.1 Å². The fourth-order valence-corrected chi connectivity index (χ4v) is 6.13. The van der Waals surface area contributed by atoms with Crippen molar-refractivity contribution in [2.24, 2.45) is 26.1 Å². The number of nitrogens with one attached hydrogen (secondary N) is 1. The molecule has 2 heterocycles. The molecule has 31 heavy (non-hydrogen) atoms. The lowest BCUT2D eigenvalue weighted by molar-refractivity contribution is 0.583. The molecule has 14 heteroatoms. The fraction of sp³-hybridized carbons (Fsp3) is 0.176. The van der Waals surface area contributed by atoms with Crippen molar-refractivity contribution in [1.29, 1.82) is 0 Å². The molecule has 162 valence electrons. The summed E-state index contributed by atoms with van der Waals surface area (Å²) in [6, 6.07) is 7.75. The molecule has 2 aromatic carbocycles. The van der Waals surface area contributed by atoms with Gasteiger partial charge in [-0.15, -0.1) is 5.11 Å². The van der Waals surface area contributed by atoms with Crippen LogP contribution >= 0.6 is 0 Å². The highest BCUT2D eigenvalue weighted by molar-refractivity contribution is 7.93. The molecule has 0 atom stereocenters. The monoisotopic (exact) mass is 462 g/mol. The Kier molecular flexibility index (Phi) is 5.09. The van der Waals surface area contributed by atoms with Gasteiger partial charge in [-0.25, -0.2) is 32.0 Å². The maximum absolute atomic E-state index is 12.8. The normalized spacial score (nSPS) is 14.3. The minimum Gasteiger partial charge on any atom is -0.369 e. The summed E-state index contributed by atoms with van der Waals surface area (Å²) in [7, 11) is -8.57. The van der Waals surface area contributed by atoms with E-state index in [0.29, 0.717) is 22.2 Å². The lowest BCUT2D eigenvalue weighted by Crippen LogP contribution is -2.24. The molecule has 4 rings (SSSR count). The standard InChI is InChI=1S/C17H18N8O4S2/c18-5-6-30(26,27)13-4-2-10(9-1-3-11-12(7-9)24-17(19)23-11)14(15(13)31(20,28)29)16-21-8-22-25-16/h1-4,7H,5-6,8,18H2,(H3,19,23,24)(H2,20,28,29). The van der Waals surface area contributed by atoms with E-state index in [9.17, 15) is 16.8 Å². The summed E-state index contributed by atoms with van der Waals surface area (Å²) in [4.78, 5) is 10.1. The zero-order valence-corrected chi connectivity index (χ0v) is 17.6. The van der Waals surface area contributed by atoms with E-state index < -0.39 is 35.4 Å². The molecule has 0 spiro atoms. The number of hydrogen-bond acceptors (Lipinski definition) is 10. The molecular formula is C17H18N8O4S2. The van der Waals surface area contributed by atoms with E-state index in [1.165, 1.54) is 12.1 Å². The fourth-order valence-electron chi connectivity index (χ4n) is 3.37. The van der Waals surface area contributed by atoms with E-state index >= 15 is 0 Å². The summed E-state index contributed by atoms with van der Waals surface area (Å²) in [5.74, 6) is -0.273. The molecule has 1 aliphatic rings. The van der Waals surface area contributed by atoms with E-state index in [2.05, 4.69) is 25.2 Å². The number of nitrogens with zero attached hydrogens (tertiary/aromatic N) is 4. The quantitative estimate of drug-likeness (QED) is 0.403. The number of hydrogen-bond donors (Lipinski definition) is 4. The first-order valence-electron chi connectivity index (χ1n) is 8.92. The Hall–Kier alpha value is -3.20. The molecule has 0 saturated carbocycles. The average molecular weight is 463 g/mol. The van der Waals surface area contributed by atoms with Gasteiger partial charge in [-0.1, -0.05) is 12.1 Å². The van der Waals surface area contributed by atoms with Gasteiger partial charge in [0.25, 0.3) is 0 Å². The van der Waals surface area contributed by atoms with Crippen LogP contribution in [0.25, 0.3) is 22.2 Å². The average Bonchev–Trinajstić information content (AvgIpc) is 3.34. The van der Waals surface area contributed by atoms with Crippen LogP contribution in [0.15, 0.2) is 55.3 Å². The molecule has 3 aromatic rings. The predicted molar refractivity (Wildman–Crippen MR) is 115 cm³/mol.